The highest BCUT2D eigenvalue weighted by Crippen LogP contribution is 2.27. The normalized spacial score (nSPS) is 17.6. The van der Waals surface area contributed by atoms with E-state index in [1.165, 1.54) is 6.42 Å². The van der Waals surface area contributed by atoms with Crippen molar-refractivity contribution in [1.29, 1.82) is 0 Å². The Morgan fingerprint density at radius 3 is 2.55 bits per heavy atom. The van der Waals surface area contributed by atoms with E-state index in [4.69, 9.17) is 10.9 Å². The van der Waals surface area contributed by atoms with E-state index >= 15 is 0 Å². The first kappa shape index (κ1) is 14.6. The van der Waals surface area contributed by atoms with Gasteiger partial charge in [-0.3, -0.25) is 0 Å². The molecule has 0 aliphatic carbocycles. The molecule has 110 valence electrons. The molecule has 1 aromatic rings. The minimum atomic E-state index is 0.105. The van der Waals surface area contributed by atoms with Gasteiger partial charge < -0.3 is 15.8 Å². The number of aromatic nitrogens is 2. The summed E-state index contributed by atoms with van der Waals surface area (Å²) in [6.07, 6.45) is 3.53. The predicted octanol–water partition coefficient (Wildman–Crippen LogP) is 1.81. The van der Waals surface area contributed by atoms with Crippen molar-refractivity contribution < 1.29 is 5.21 Å². The molecule has 0 radical (unpaired) electrons. The average Bonchev–Trinajstić information content (AvgIpc) is 2.49. The summed E-state index contributed by atoms with van der Waals surface area (Å²) in [6.45, 7) is 7.93. The predicted molar refractivity (Wildman–Crippen MR) is 79.2 cm³/mol. The highest BCUT2D eigenvalue weighted by molar-refractivity contribution is 6.02. The van der Waals surface area contributed by atoms with Crippen LogP contribution in [0.4, 0.5) is 5.82 Å². The third-order valence-electron chi connectivity index (χ3n) is 4.29. The maximum absolute atomic E-state index is 9.00. The lowest BCUT2D eigenvalue weighted by molar-refractivity contribution is 0.318. The monoisotopic (exact) mass is 277 g/mol. The fourth-order valence-electron chi connectivity index (χ4n) is 2.73. The zero-order valence-electron chi connectivity index (χ0n) is 12.4. The maximum Gasteiger partial charge on any atom is 0.174 e. The van der Waals surface area contributed by atoms with Crippen LogP contribution in [0.3, 0.4) is 0 Å². The number of hydrogen-bond acceptors (Lipinski definition) is 5. The summed E-state index contributed by atoms with van der Waals surface area (Å²) in [5.41, 5.74) is 8.26. The van der Waals surface area contributed by atoms with Gasteiger partial charge in [0.1, 0.15) is 0 Å². The SMILES string of the molecule is CCC1CCN(c2nnc(C)c(C)c2C(N)=NO)CC1. The molecule has 1 saturated heterocycles. The Bertz CT molecular complexity index is 507. The Morgan fingerprint density at radius 2 is 2.00 bits per heavy atom. The Morgan fingerprint density at radius 1 is 1.35 bits per heavy atom. The Hall–Kier alpha value is -1.85. The molecule has 1 aromatic heterocycles. The maximum atomic E-state index is 9.00. The second-order valence-electron chi connectivity index (χ2n) is 5.43. The number of aryl methyl sites for hydroxylation is 1. The quantitative estimate of drug-likeness (QED) is 0.381. The molecule has 0 saturated carbocycles. The first-order valence-electron chi connectivity index (χ1n) is 7.15. The fourth-order valence-corrected chi connectivity index (χ4v) is 2.73. The van der Waals surface area contributed by atoms with Crippen molar-refractivity contribution in [1.82, 2.24) is 10.2 Å². The van der Waals surface area contributed by atoms with E-state index in [-0.39, 0.29) is 5.84 Å². The molecule has 20 heavy (non-hydrogen) atoms. The van der Waals surface area contributed by atoms with Gasteiger partial charge >= 0.3 is 0 Å². The van der Waals surface area contributed by atoms with Crippen molar-refractivity contribution >= 4 is 11.7 Å². The molecule has 0 amide bonds. The van der Waals surface area contributed by atoms with Gasteiger partial charge in [0.2, 0.25) is 0 Å². The van der Waals surface area contributed by atoms with Crippen molar-refractivity contribution in [3.63, 3.8) is 0 Å². The van der Waals surface area contributed by atoms with E-state index in [1.54, 1.807) is 0 Å². The van der Waals surface area contributed by atoms with Crippen LogP contribution in [0.2, 0.25) is 0 Å². The Kier molecular flexibility index (Phi) is 4.42. The summed E-state index contributed by atoms with van der Waals surface area (Å²) in [5, 5.41) is 20.6. The van der Waals surface area contributed by atoms with Crippen LogP contribution < -0.4 is 10.6 Å². The summed E-state index contributed by atoms with van der Waals surface area (Å²) in [5.74, 6) is 1.63. The molecule has 1 aliphatic heterocycles. The van der Waals surface area contributed by atoms with Gasteiger partial charge in [-0.2, -0.15) is 5.10 Å². The van der Waals surface area contributed by atoms with Crippen LogP contribution in [0, 0.1) is 19.8 Å². The molecular weight excluding hydrogens is 254 g/mol. The van der Waals surface area contributed by atoms with Crippen molar-refractivity contribution in [3.8, 4) is 0 Å². The van der Waals surface area contributed by atoms with E-state index in [0.717, 1.165) is 48.9 Å². The topological polar surface area (TPSA) is 87.6 Å². The highest BCUT2D eigenvalue weighted by Gasteiger charge is 2.24. The lowest BCUT2D eigenvalue weighted by Crippen LogP contribution is -2.36. The molecule has 0 aromatic carbocycles. The van der Waals surface area contributed by atoms with Gasteiger partial charge in [-0.15, -0.1) is 5.10 Å². The fraction of sp³-hybridized carbons (Fsp3) is 0.643. The Labute approximate surface area is 119 Å². The van der Waals surface area contributed by atoms with E-state index in [9.17, 15) is 0 Å². The zero-order valence-corrected chi connectivity index (χ0v) is 12.4. The van der Waals surface area contributed by atoms with Gasteiger partial charge in [-0.25, -0.2) is 0 Å². The van der Waals surface area contributed by atoms with E-state index in [0.29, 0.717) is 5.56 Å². The number of oxime groups is 1. The number of amidine groups is 1. The van der Waals surface area contributed by atoms with Crippen LogP contribution >= 0.6 is 0 Å². The largest absolute Gasteiger partial charge is 0.409 e. The standard InChI is InChI=1S/C14H23N5O/c1-4-11-5-7-19(8-6-11)14-12(13(15)18-20)9(2)10(3)16-17-14/h11,20H,4-8H2,1-3H3,(H2,15,18). The van der Waals surface area contributed by atoms with E-state index < -0.39 is 0 Å². The molecule has 0 unspecified atom stereocenters. The lowest BCUT2D eigenvalue weighted by atomic mass is 9.94. The summed E-state index contributed by atoms with van der Waals surface area (Å²) in [4.78, 5) is 2.19. The second kappa shape index (κ2) is 6.07. The van der Waals surface area contributed by atoms with Crippen LogP contribution in [0.15, 0.2) is 5.16 Å². The zero-order chi connectivity index (χ0) is 14.7. The lowest BCUT2D eigenvalue weighted by Gasteiger charge is -2.33. The highest BCUT2D eigenvalue weighted by atomic mass is 16.4. The van der Waals surface area contributed by atoms with Crippen molar-refractivity contribution in [3.05, 3.63) is 16.8 Å². The van der Waals surface area contributed by atoms with Gasteiger partial charge in [0.15, 0.2) is 11.7 Å². The molecule has 0 bridgehead atoms. The van der Waals surface area contributed by atoms with Gasteiger partial charge in [0.25, 0.3) is 0 Å². The number of nitrogens with zero attached hydrogens (tertiary/aromatic N) is 4. The van der Waals surface area contributed by atoms with Gasteiger partial charge in [-0.1, -0.05) is 18.5 Å². The van der Waals surface area contributed by atoms with Gasteiger partial charge in [0, 0.05) is 13.1 Å². The average molecular weight is 277 g/mol. The Balaban J connectivity index is 2.35. The van der Waals surface area contributed by atoms with E-state index in [2.05, 4.69) is 27.2 Å². The number of piperidine rings is 1. The van der Waals surface area contributed by atoms with Crippen LogP contribution in [0.1, 0.15) is 43.0 Å². The molecule has 1 aliphatic rings. The first-order valence-corrected chi connectivity index (χ1v) is 7.15. The summed E-state index contributed by atoms with van der Waals surface area (Å²) in [7, 11) is 0. The molecule has 1 fully saturated rings. The molecule has 3 N–H and O–H groups in total. The van der Waals surface area contributed by atoms with Crippen molar-refractivity contribution in [2.45, 2.75) is 40.0 Å². The van der Waals surface area contributed by atoms with Crippen LogP contribution in [0.5, 0.6) is 0 Å². The number of hydrogen-bond donors (Lipinski definition) is 2. The molecule has 6 heteroatoms. The molecule has 2 rings (SSSR count). The van der Waals surface area contributed by atoms with Crippen molar-refractivity contribution in [2.75, 3.05) is 18.0 Å². The van der Waals surface area contributed by atoms with Crippen molar-refractivity contribution in [2.24, 2.45) is 16.8 Å². The summed E-state index contributed by atoms with van der Waals surface area (Å²) < 4.78 is 0. The summed E-state index contributed by atoms with van der Waals surface area (Å²) in [6, 6.07) is 0. The summed E-state index contributed by atoms with van der Waals surface area (Å²) >= 11 is 0. The molecule has 6 nitrogen and oxygen atoms in total. The third kappa shape index (κ3) is 2.69. The van der Waals surface area contributed by atoms with Crippen LogP contribution in [-0.2, 0) is 0 Å². The van der Waals surface area contributed by atoms with E-state index in [1.807, 2.05) is 13.8 Å². The molecule has 0 atom stereocenters. The van der Waals surface area contributed by atoms with Crippen LogP contribution in [0.25, 0.3) is 0 Å². The van der Waals surface area contributed by atoms with Gasteiger partial charge in [-0.05, 0) is 38.2 Å². The minimum Gasteiger partial charge on any atom is -0.409 e. The van der Waals surface area contributed by atoms with Gasteiger partial charge in [0.05, 0.1) is 11.3 Å². The van der Waals surface area contributed by atoms with Crippen LogP contribution in [-0.4, -0.2) is 34.3 Å². The third-order valence-corrected chi connectivity index (χ3v) is 4.29. The molecule has 0 spiro atoms. The number of nitrogens with two attached hydrogens (primary N) is 1. The second-order valence-corrected chi connectivity index (χ2v) is 5.43. The number of rotatable bonds is 3. The molecular formula is C14H23N5O. The smallest absolute Gasteiger partial charge is 0.174 e. The minimum absolute atomic E-state index is 0.105. The first-order chi connectivity index (χ1) is 9.58. The number of anilines is 1. The molecule has 2 heterocycles.